The molecule has 4 fully saturated rings. The summed E-state index contributed by atoms with van der Waals surface area (Å²) in [5.74, 6) is -1.40. The van der Waals surface area contributed by atoms with Gasteiger partial charge in [-0.3, -0.25) is 29.2 Å². The number of likely N-dealkylation sites (N-methyl/N-ethyl adjacent to an activating group) is 1. The normalized spacial score (nSPS) is 24.1. The number of amides is 4. The van der Waals surface area contributed by atoms with Gasteiger partial charge in [0.1, 0.15) is 11.4 Å². The number of β-amino-alcohol motifs (C(OH)–C–C–N with tert-alkyl or cyclic N) is 1. The standard InChI is InChI=1S/C43H52F2N10O6/c1-51-38-26(4-2-6-30(38)36(43(51)60)31-11-12-35(57)49-41(31)58)5-3-19-61-29-13-16-52(17-14-29)21-25-7-9-27(10-8-25)55-24-33(37(50-55)39(44)45)47-42(59)32-20-46-54-18-15-34(48-40(32)54)53-22-28(56)23-53/h2,4,6,15,18,20,24-25,27-29,31,36,39,56H,3,5,7-14,16-17,19,21-23H2,1H3,(H,47,59)(H,49,57,58). The Balaban J connectivity index is 0.719. The summed E-state index contributed by atoms with van der Waals surface area (Å²) in [5.41, 5.74) is 2.74. The van der Waals surface area contributed by atoms with Gasteiger partial charge < -0.3 is 29.9 Å². The zero-order valence-corrected chi connectivity index (χ0v) is 34.2. The highest BCUT2D eigenvalue weighted by Gasteiger charge is 2.45. The van der Waals surface area contributed by atoms with Crippen LogP contribution in [0.15, 0.2) is 42.9 Å². The number of aromatic nitrogens is 5. The number of anilines is 3. The molecule has 16 nitrogen and oxygen atoms in total. The molecule has 3 saturated heterocycles. The van der Waals surface area contributed by atoms with Crippen molar-refractivity contribution in [1.29, 1.82) is 0 Å². The first-order valence-corrected chi connectivity index (χ1v) is 21.5. The van der Waals surface area contributed by atoms with Crippen molar-refractivity contribution in [2.45, 2.75) is 94.8 Å². The first kappa shape index (κ1) is 41.0. The maximum atomic E-state index is 14.2. The predicted octanol–water partition coefficient (Wildman–Crippen LogP) is 4.25. The molecule has 1 saturated carbocycles. The van der Waals surface area contributed by atoms with Gasteiger partial charge in [0.25, 0.3) is 12.3 Å². The zero-order chi connectivity index (χ0) is 42.4. The lowest BCUT2D eigenvalue weighted by Gasteiger charge is -2.36. The van der Waals surface area contributed by atoms with Gasteiger partial charge in [0, 0.05) is 65.2 Å². The summed E-state index contributed by atoms with van der Waals surface area (Å²) in [6, 6.07) is 7.61. The molecule has 1 aliphatic carbocycles. The lowest BCUT2D eigenvalue weighted by molar-refractivity contribution is -0.139. The Morgan fingerprint density at radius 1 is 1.05 bits per heavy atom. The minimum atomic E-state index is -2.87. The van der Waals surface area contributed by atoms with Crippen LogP contribution in [0.25, 0.3) is 5.65 Å². The Kier molecular flexibility index (Phi) is 11.6. The number of imide groups is 1. The smallest absolute Gasteiger partial charge is 0.284 e. The molecule has 5 aliphatic rings. The number of carbonyl (C=O) groups excluding carboxylic acids is 4. The SMILES string of the molecule is CN1C(=O)C(C2CCC(=O)NC2=O)c2cccc(CCCOC3CCN(CC4CCC(n5cc(NC(=O)c6cnn7ccc(N8CC(O)C8)nc67)c(C(F)F)n5)CC4)CC3)c21. The average molecular weight is 843 g/mol. The van der Waals surface area contributed by atoms with Crippen LogP contribution in [-0.2, 0) is 25.5 Å². The number of hydrogen-bond acceptors (Lipinski definition) is 11. The van der Waals surface area contributed by atoms with Crippen LogP contribution in [0.4, 0.5) is 26.0 Å². The fourth-order valence-electron chi connectivity index (χ4n) is 9.95. The maximum Gasteiger partial charge on any atom is 0.284 e. The summed E-state index contributed by atoms with van der Waals surface area (Å²) in [7, 11) is 1.76. The van der Waals surface area contributed by atoms with Gasteiger partial charge in [0.15, 0.2) is 11.3 Å². The average Bonchev–Trinajstić information content (AvgIpc) is 3.93. The molecule has 2 atom stereocenters. The van der Waals surface area contributed by atoms with E-state index in [1.165, 1.54) is 16.9 Å². The second-order valence-corrected chi connectivity index (χ2v) is 17.3. The number of carbonyl (C=O) groups is 4. The van der Waals surface area contributed by atoms with Gasteiger partial charge in [-0.2, -0.15) is 10.2 Å². The van der Waals surface area contributed by atoms with Crippen molar-refractivity contribution in [1.82, 2.24) is 34.6 Å². The maximum absolute atomic E-state index is 14.2. The third-order valence-electron chi connectivity index (χ3n) is 13.3. The summed E-state index contributed by atoms with van der Waals surface area (Å²) in [6.07, 6.45) is 9.04. The van der Waals surface area contributed by atoms with Gasteiger partial charge >= 0.3 is 0 Å². The minimum absolute atomic E-state index is 0.0265. The Labute approximate surface area is 351 Å². The summed E-state index contributed by atoms with van der Waals surface area (Å²) >= 11 is 0. The molecule has 0 radical (unpaired) electrons. The fraction of sp³-hybridized carbons (Fsp3) is 0.558. The molecule has 4 aliphatic heterocycles. The molecule has 4 aromatic rings. The van der Waals surface area contributed by atoms with E-state index < -0.39 is 36.0 Å². The summed E-state index contributed by atoms with van der Waals surface area (Å²) in [5, 5.41) is 23.2. The number of rotatable bonds is 13. The molecule has 3 N–H and O–H groups in total. The molecule has 61 heavy (non-hydrogen) atoms. The number of aliphatic hydroxyl groups is 1. The summed E-state index contributed by atoms with van der Waals surface area (Å²) in [4.78, 5) is 61.7. The van der Waals surface area contributed by atoms with E-state index in [1.54, 1.807) is 28.9 Å². The van der Waals surface area contributed by atoms with Crippen LogP contribution in [0.2, 0.25) is 0 Å². The first-order chi connectivity index (χ1) is 29.5. The van der Waals surface area contributed by atoms with E-state index in [4.69, 9.17) is 4.74 Å². The highest BCUT2D eigenvalue weighted by atomic mass is 19.3. The fourth-order valence-corrected chi connectivity index (χ4v) is 9.95. The number of hydrogen-bond donors (Lipinski definition) is 3. The number of halogens is 2. The van der Waals surface area contributed by atoms with Gasteiger partial charge in [0.2, 0.25) is 17.7 Å². The Morgan fingerprint density at radius 2 is 1.84 bits per heavy atom. The van der Waals surface area contributed by atoms with E-state index in [0.717, 1.165) is 87.8 Å². The minimum Gasteiger partial charge on any atom is -0.389 e. The van der Waals surface area contributed by atoms with Crippen LogP contribution >= 0.6 is 0 Å². The number of piperidine rings is 2. The molecule has 4 amide bonds. The molecule has 0 spiro atoms. The van der Waals surface area contributed by atoms with E-state index in [2.05, 4.69) is 30.7 Å². The van der Waals surface area contributed by atoms with Crippen molar-refractivity contribution >= 4 is 46.5 Å². The van der Waals surface area contributed by atoms with Crippen molar-refractivity contribution < 1.29 is 37.8 Å². The van der Waals surface area contributed by atoms with Crippen LogP contribution in [0.5, 0.6) is 0 Å². The van der Waals surface area contributed by atoms with E-state index in [9.17, 15) is 33.1 Å². The molecule has 7 heterocycles. The number of aliphatic hydroxyl groups excluding tert-OH is 1. The van der Waals surface area contributed by atoms with Crippen LogP contribution in [0.3, 0.4) is 0 Å². The number of aryl methyl sites for hydroxylation is 1. The Morgan fingerprint density at radius 3 is 2.57 bits per heavy atom. The topological polar surface area (TPSA) is 180 Å². The van der Waals surface area contributed by atoms with Crippen molar-refractivity contribution in [3.8, 4) is 0 Å². The number of nitrogens with zero attached hydrogens (tertiary/aromatic N) is 8. The zero-order valence-electron chi connectivity index (χ0n) is 34.2. The molecule has 9 rings (SSSR count). The van der Waals surface area contributed by atoms with Crippen molar-refractivity contribution in [2.24, 2.45) is 11.8 Å². The van der Waals surface area contributed by atoms with Gasteiger partial charge in [-0.15, -0.1) is 0 Å². The van der Waals surface area contributed by atoms with E-state index in [1.807, 2.05) is 23.1 Å². The lowest BCUT2D eigenvalue weighted by Crippen LogP contribution is -2.51. The van der Waals surface area contributed by atoms with E-state index >= 15 is 0 Å². The Hall–Kier alpha value is -5.33. The molecule has 3 aromatic heterocycles. The number of benzene rings is 1. The van der Waals surface area contributed by atoms with Gasteiger partial charge in [0.05, 0.1) is 47.7 Å². The summed E-state index contributed by atoms with van der Waals surface area (Å²) in [6.45, 7) is 4.39. The number of alkyl halides is 2. The molecular weight excluding hydrogens is 791 g/mol. The molecule has 324 valence electrons. The predicted molar refractivity (Wildman–Crippen MR) is 220 cm³/mol. The van der Waals surface area contributed by atoms with Crippen molar-refractivity contribution in [2.75, 3.05) is 61.5 Å². The van der Waals surface area contributed by atoms with Crippen LogP contribution < -0.4 is 20.4 Å². The molecular formula is C43H52F2N10O6. The number of para-hydroxylation sites is 1. The van der Waals surface area contributed by atoms with E-state index in [0.29, 0.717) is 37.9 Å². The molecule has 0 bridgehead atoms. The van der Waals surface area contributed by atoms with Crippen LogP contribution in [0, 0.1) is 11.8 Å². The Bertz CT molecular complexity index is 2290. The van der Waals surface area contributed by atoms with Gasteiger partial charge in [-0.1, -0.05) is 18.2 Å². The quantitative estimate of drug-likeness (QED) is 0.129. The first-order valence-electron chi connectivity index (χ1n) is 21.5. The number of nitrogens with one attached hydrogen (secondary N) is 2. The molecule has 2 unspecified atom stereocenters. The number of likely N-dealkylation sites (tertiary alicyclic amines) is 1. The molecule has 18 heteroatoms. The van der Waals surface area contributed by atoms with E-state index in [-0.39, 0.29) is 53.2 Å². The van der Waals surface area contributed by atoms with Gasteiger partial charge in [-0.05, 0) is 80.9 Å². The van der Waals surface area contributed by atoms with Crippen molar-refractivity contribution in [3.05, 3.63) is 65.2 Å². The molecule has 1 aromatic carbocycles. The number of fused-ring (bicyclic) bond motifs is 2. The third kappa shape index (κ3) is 8.36. The number of ether oxygens (including phenoxy) is 1. The second-order valence-electron chi connectivity index (χ2n) is 17.3. The van der Waals surface area contributed by atoms with Gasteiger partial charge in [-0.25, -0.2) is 18.3 Å². The van der Waals surface area contributed by atoms with Crippen LogP contribution in [-0.4, -0.2) is 117 Å². The largest absolute Gasteiger partial charge is 0.389 e. The monoisotopic (exact) mass is 842 g/mol. The highest BCUT2D eigenvalue weighted by molar-refractivity contribution is 6.10. The second kappa shape index (κ2) is 17.2. The third-order valence-corrected chi connectivity index (χ3v) is 13.3. The van der Waals surface area contributed by atoms with Crippen LogP contribution in [0.1, 0.15) is 103 Å². The lowest BCUT2D eigenvalue weighted by atomic mass is 9.81. The van der Waals surface area contributed by atoms with Crippen molar-refractivity contribution in [3.63, 3.8) is 0 Å². The summed E-state index contributed by atoms with van der Waals surface area (Å²) < 4.78 is 37.8. The highest BCUT2D eigenvalue weighted by Crippen LogP contribution is 2.45.